The highest BCUT2D eigenvalue weighted by Crippen LogP contribution is 2.18. The van der Waals surface area contributed by atoms with Crippen LogP contribution in [0, 0.1) is 10.1 Å². The molecule has 9 heteroatoms. The van der Waals surface area contributed by atoms with Gasteiger partial charge in [-0.25, -0.2) is 4.98 Å². The lowest BCUT2D eigenvalue weighted by Crippen LogP contribution is -2.28. The SMILES string of the molecule is O=C(NCCNc1ccc([N+](=O)[O-])cc1)c1scnc1Cl. The van der Waals surface area contributed by atoms with Crippen molar-refractivity contribution in [2.45, 2.75) is 0 Å². The summed E-state index contributed by atoms with van der Waals surface area (Å²) in [6.45, 7) is 0.879. The second-order valence-electron chi connectivity index (χ2n) is 3.96. The summed E-state index contributed by atoms with van der Waals surface area (Å²) in [4.78, 5) is 26.0. The Balaban J connectivity index is 1.76. The van der Waals surface area contributed by atoms with Crippen LogP contribution < -0.4 is 10.6 Å². The minimum absolute atomic E-state index is 0.0358. The van der Waals surface area contributed by atoms with Gasteiger partial charge in [0.25, 0.3) is 11.6 Å². The van der Waals surface area contributed by atoms with Crippen molar-refractivity contribution in [1.29, 1.82) is 0 Å². The lowest BCUT2D eigenvalue weighted by molar-refractivity contribution is -0.384. The Morgan fingerprint density at radius 1 is 1.33 bits per heavy atom. The minimum Gasteiger partial charge on any atom is -0.383 e. The van der Waals surface area contributed by atoms with Gasteiger partial charge in [0.05, 0.1) is 10.4 Å². The Kier molecular flexibility index (Phi) is 5.07. The number of thiazole rings is 1. The number of aromatic nitrogens is 1. The Hall–Kier alpha value is -2.19. The van der Waals surface area contributed by atoms with E-state index in [-0.39, 0.29) is 16.7 Å². The quantitative estimate of drug-likeness (QED) is 0.483. The lowest BCUT2D eigenvalue weighted by Gasteiger charge is -2.07. The van der Waals surface area contributed by atoms with E-state index in [2.05, 4.69) is 15.6 Å². The van der Waals surface area contributed by atoms with Gasteiger partial charge in [-0.15, -0.1) is 11.3 Å². The lowest BCUT2D eigenvalue weighted by atomic mass is 10.3. The van der Waals surface area contributed by atoms with E-state index in [0.29, 0.717) is 18.0 Å². The van der Waals surface area contributed by atoms with Crippen LogP contribution in [-0.4, -0.2) is 28.9 Å². The zero-order chi connectivity index (χ0) is 15.2. The molecule has 0 fully saturated rings. The highest BCUT2D eigenvalue weighted by molar-refractivity contribution is 7.12. The molecule has 0 aliphatic rings. The number of nitro benzene ring substituents is 1. The monoisotopic (exact) mass is 326 g/mol. The molecule has 0 saturated carbocycles. The number of hydrogen-bond donors (Lipinski definition) is 2. The van der Waals surface area contributed by atoms with Gasteiger partial charge in [-0.2, -0.15) is 0 Å². The van der Waals surface area contributed by atoms with Crippen molar-refractivity contribution in [3.8, 4) is 0 Å². The van der Waals surface area contributed by atoms with E-state index >= 15 is 0 Å². The van der Waals surface area contributed by atoms with Crippen molar-refractivity contribution in [3.05, 3.63) is 49.9 Å². The van der Waals surface area contributed by atoms with Gasteiger partial charge in [0.2, 0.25) is 0 Å². The summed E-state index contributed by atoms with van der Waals surface area (Å²) in [5.41, 5.74) is 2.28. The van der Waals surface area contributed by atoms with Crippen LogP contribution in [0.25, 0.3) is 0 Å². The minimum atomic E-state index is -0.456. The van der Waals surface area contributed by atoms with Crippen LogP contribution in [-0.2, 0) is 0 Å². The molecule has 0 radical (unpaired) electrons. The maximum Gasteiger partial charge on any atom is 0.269 e. The van der Waals surface area contributed by atoms with E-state index in [9.17, 15) is 14.9 Å². The van der Waals surface area contributed by atoms with Gasteiger partial charge in [-0.1, -0.05) is 11.6 Å². The molecule has 7 nitrogen and oxygen atoms in total. The maximum absolute atomic E-state index is 11.7. The fourth-order valence-corrected chi connectivity index (χ4v) is 2.46. The van der Waals surface area contributed by atoms with Crippen LogP contribution >= 0.6 is 22.9 Å². The summed E-state index contributed by atoms with van der Waals surface area (Å²) < 4.78 is 0. The molecule has 0 saturated heterocycles. The fourth-order valence-electron chi connectivity index (χ4n) is 1.54. The van der Waals surface area contributed by atoms with Crippen molar-refractivity contribution in [2.75, 3.05) is 18.4 Å². The average molecular weight is 327 g/mol. The molecule has 0 unspecified atom stereocenters. The molecular formula is C12H11ClN4O3S. The molecule has 0 aliphatic heterocycles. The van der Waals surface area contributed by atoms with E-state index in [1.54, 1.807) is 12.1 Å². The smallest absolute Gasteiger partial charge is 0.269 e. The van der Waals surface area contributed by atoms with Gasteiger partial charge in [0.1, 0.15) is 4.88 Å². The van der Waals surface area contributed by atoms with Crippen LogP contribution in [0.2, 0.25) is 5.15 Å². The molecule has 21 heavy (non-hydrogen) atoms. The number of carbonyl (C=O) groups excluding carboxylic acids is 1. The third-order valence-electron chi connectivity index (χ3n) is 2.55. The second kappa shape index (κ2) is 7.00. The van der Waals surface area contributed by atoms with Gasteiger partial charge in [0.15, 0.2) is 5.15 Å². The summed E-state index contributed by atoms with van der Waals surface area (Å²) in [6.07, 6.45) is 0. The fraction of sp³-hybridized carbons (Fsp3) is 0.167. The molecule has 1 aromatic heterocycles. The topological polar surface area (TPSA) is 97.2 Å². The standard InChI is InChI=1S/C12H11ClN4O3S/c13-11-10(21-7-16-11)12(18)15-6-5-14-8-1-3-9(4-2-8)17(19)20/h1-4,7,14H,5-6H2,(H,15,18). The van der Waals surface area contributed by atoms with Crippen molar-refractivity contribution in [2.24, 2.45) is 0 Å². The molecule has 1 amide bonds. The number of hydrogen-bond acceptors (Lipinski definition) is 6. The summed E-state index contributed by atoms with van der Waals surface area (Å²) in [7, 11) is 0. The number of nitrogens with one attached hydrogen (secondary N) is 2. The molecule has 0 atom stereocenters. The zero-order valence-electron chi connectivity index (χ0n) is 10.7. The molecule has 1 heterocycles. The molecule has 2 N–H and O–H groups in total. The van der Waals surface area contributed by atoms with E-state index in [1.165, 1.54) is 29.0 Å². The van der Waals surface area contributed by atoms with Crippen LogP contribution in [0.5, 0.6) is 0 Å². The Morgan fingerprint density at radius 2 is 2.05 bits per heavy atom. The average Bonchev–Trinajstić information content (AvgIpc) is 2.90. The van der Waals surface area contributed by atoms with Crippen molar-refractivity contribution < 1.29 is 9.72 Å². The van der Waals surface area contributed by atoms with Gasteiger partial charge < -0.3 is 10.6 Å². The number of rotatable bonds is 6. The third kappa shape index (κ3) is 4.14. The highest BCUT2D eigenvalue weighted by Gasteiger charge is 2.12. The first-order chi connectivity index (χ1) is 10.1. The zero-order valence-corrected chi connectivity index (χ0v) is 12.3. The first-order valence-electron chi connectivity index (χ1n) is 5.93. The molecule has 1 aromatic carbocycles. The van der Waals surface area contributed by atoms with E-state index < -0.39 is 4.92 Å². The van der Waals surface area contributed by atoms with Gasteiger partial charge in [0, 0.05) is 30.9 Å². The number of halogens is 1. The van der Waals surface area contributed by atoms with Gasteiger partial charge >= 0.3 is 0 Å². The second-order valence-corrected chi connectivity index (χ2v) is 5.17. The number of nitrogens with zero attached hydrogens (tertiary/aromatic N) is 2. The predicted octanol–water partition coefficient (Wildman–Crippen LogP) is 2.55. The summed E-state index contributed by atoms with van der Waals surface area (Å²) in [5.74, 6) is -0.270. The van der Waals surface area contributed by atoms with Crippen LogP contribution in [0.3, 0.4) is 0 Å². The van der Waals surface area contributed by atoms with Gasteiger partial charge in [-0.3, -0.25) is 14.9 Å². The molecule has 2 aromatic rings. The van der Waals surface area contributed by atoms with Gasteiger partial charge in [-0.05, 0) is 12.1 Å². The molecule has 0 spiro atoms. The number of nitro groups is 1. The maximum atomic E-state index is 11.7. The van der Waals surface area contributed by atoms with Crippen LogP contribution in [0.15, 0.2) is 29.8 Å². The molecule has 0 aliphatic carbocycles. The third-order valence-corrected chi connectivity index (χ3v) is 3.77. The number of carbonyl (C=O) groups is 1. The largest absolute Gasteiger partial charge is 0.383 e. The number of amides is 1. The normalized spacial score (nSPS) is 10.1. The Bertz CT molecular complexity index is 644. The van der Waals surface area contributed by atoms with E-state index in [0.717, 1.165) is 5.69 Å². The van der Waals surface area contributed by atoms with Crippen molar-refractivity contribution in [3.63, 3.8) is 0 Å². The summed E-state index contributed by atoms with van der Waals surface area (Å²) in [5, 5.41) is 16.5. The summed E-state index contributed by atoms with van der Waals surface area (Å²) >= 11 is 6.93. The van der Waals surface area contributed by atoms with Crippen molar-refractivity contribution in [1.82, 2.24) is 10.3 Å². The predicted molar refractivity (Wildman–Crippen MR) is 81.0 cm³/mol. The highest BCUT2D eigenvalue weighted by atomic mass is 35.5. The first kappa shape index (κ1) is 15.2. The molecular weight excluding hydrogens is 316 g/mol. The van der Waals surface area contributed by atoms with Crippen LogP contribution in [0.4, 0.5) is 11.4 Å². The van der Waals surface area contributed by atoms with E-state index in [4.69, 9.17) is 11.6 Å². The number of anilines is 1. The molecule has 2 rings (SSSR count). The number of non-ortho nitro benzene ring substituents is 1. The van der Waals surface area contributed by atoms with Crippen molar-refractivity contribution >= 4 is 40.2 Å². The molecule has 110 valence electrons. The van der Waals surface area contributed by atoms with Crippen LogP contribution in [0.1, 0.15) is 9.67 Å². The molecule has 0 bridgehead atoms. The Morgan fingerprint density at radius 3 is 2.62 bits per heavy atom. The van der Waals surface area contributed by atoms with E-state index in [1.807, 2.05) is 0 Å². The summed E-state index contributed by atoms with van der Waals surface area (Å²) in [6, 6.07) is 6.05. The Labute approximate surface area is 129 Å². The first-order valence-corrected chi connectivity index (χ1v) is 7.19. The number of benzene rings is 1.